The summed E-state index contributed by atoms with van der Waals surface area (Å²) < 4.78 is 32.2. The van der Waals surface area contributed by atoms with Crippen molar-refractivity contribution < 1.29 is 17.9 Å². The van der Waals surface area contributed by atoms with Crippen LogP contribution in [0.3, 0.4) is 0 Å². The minimum atomic E-state index is -3.73. The summed E-state index contributed by atoms with van der Waals surface area (Å²) in [5.74, 6) is -0.754. The molecule has 1 rings (SSSR count). The highest BCUT2D eigenvalue weighted by Gasteiger charge is 2.34. The van der Waals surface area contributed by atoms with Crippen LogP contribution in [0.25, 0.3) is 0 Å². The van der Waals surface area contributed by atoms with Crippen LogP contribution < -0.4 is 0 Å². The summed E-state index contributed by atoms with van der Waals surface area (Å²) in [5.41, 5.74) is 0.307. The van der Waals surface area contributed by atoms with Gasteiger partial charge in [-0.15, -0.1) is 5.10 Å². The number of hydrogen-bond donors (Lipinski definition) is 0. The summed E-state index contributed by atoms with van der Waals surface area (Å²) in [4.78, 5) is 11.4. The number of hydrogen-bond acceptors (Lipinski definition) is 7. The molecule has 0 saturated carbocycles. The minimum Gasteiger partial charge on any atom is -0.465 e. The molecule has 8 heteroatoms. The molecule has 0 radical (unpaired) electrons. The van der Waals surface area contributed by atoms with E-state index in [9.17, 15) is 13.2 Å². The van der Waals surface area contributed by atoms with Gasteiger partial charge in [0, 0.05) is 11.5 Å². The Bertz CT molecular complexity index is 480. The summed E-state index contributed by atoms with van der Waals surface area (Å²) in [6, 6.07) is 0. The Morgan fingerprint density at radius 3 is 2.62 bits per heavy atom. The zero-order valence-corrected chi connectivity index (χ0v) is 10.8. The first-order chi connectivity index (χ1) is 7.41. The number of aromatic nitrogens is 2. The second kappa shape index (κ2) is 4.88. The molecule has 0 fully saturated rings. The molecule has 1 atom stereocenters. The third kappa shape index (κ3) is 2.38. The lowest BCUT2D eigenvalue weighted by molar-refractivity contribution is -0.142. The van der Waals surface area contributed by atoms with Gasteiger partial charge in [0.25, 0.3) is 0 Å². The Morgan fingerprint density at radius 2 is 2.19 bits per heavy atom. The molecule has 0 amide bonds. The predicted molar refractivity (Wildman–Crippen MR) is 57.9 cm³/mol. The molecule has 1 unspecified atom stereocenters. The quantitative estimate of drug-likeness (QED) is 0.739. The van der Waals surface area contributed by atoms with E-state index in [2.05, 4.69) is 14.3 Å². The molecule has 0 bridgehead atoms. The molecule has 0 aromatic carbocycles. The smallest absolute Gasteiger partial charge is 0.324 e. The van der Waals surface area contributed by atoms with E-state index in [1.54, 1.807) is 6.92 Å². The fraction of sp³-hybridized carbons (Fsp3) is 0.625. The van der Waals surface area contributed by atoms with Crippen LogP contribution in [0.2, 0.25) is 0 Å². The molecule has 16 heavy (non-hydrogen) atoms. The van der Waals surface area contributed by atoms with E-state index in [-0.39, 0.29) is 10.8 Å². The molecule has 0 N–H and O–H groups in total. The van der Waals surface area contributed by atoms with Gasteiger partial charge in [-0.25, -0.2) is 8.42 Å². The van der Waals surface area contributed by atoms with Crippen molar-refractivity contribution in [1.29, 1.82) is 0 Å². The maximum atomic E-state index is 12.0. The maximum Gasteiger partial charge on any atom is 0.324 e. The van der Waals surface area contributed by atoms with Gasteiger partial charge in [0.05, 0.1) is 12.3 Å². The van der Waals surface area contributed by atoms with Crippen molar-refractivity contribution >= 4 is 27.3 Å². The maximum absolute atomic E-state index is 12.0. The average molecular weight is 264 g/mol. The SMILES string of the molecule is CCOC(=O)C(C)S(=O)(=O)c1snnc1C. The highest BCUT2D eigenvalue weighted by molar-refractivity contribution is 7.94. The molecule has 1 aromatic rings. The molecule has 1 heterocycles. The zero-order valence-electron chi connectivity index (χ0n) is 9.13. The average Bonchev–Trinajstić information content (AvgIpc) is 2.64. The van der Waals surface area contributed by atoms with Gasteiger partial charge in [-0.3, -0.25) is 4.79 Å². The van der Waals surface area contributed by atoms with E-state index in [1.807, 2.05) is 0 Å². The van der Waals surface area contributed by atoms with Crippen molar-refractivity contribution in [1.82, 2.24) is 9.59 Å². The van der Waals surface area contributed by atoms with Crippen molar-refractivity contribution in [2.24, 2.45) is 0 Å². The van der Waals surface area contributed by atoms with Crippen LogP contribution >= 0.6 is 11.5 Å². The summed E-state index contributed by atoms with van der Waals surface area (Å²) in [6.07, 6.45) is 0. The van der Waals surface area contributed by atoms with Gasteiger partial charge < -0.3 is 4.74 Å². The van der Waals surface area contributed by atoms with E-state index >= 15 is 0 Å². The fourth-order valence-corrected chi connectivity index (χ4v) is 3.48. The molecule has 6 nitrogen and oxygen atoms in total. The van der Waals surface area contributed by atoms with Crippen LogP contribution in [-0.2, 0) is 19.4 Å². The first-order valence-electron chi connectivity index (χ1n) is 4.60. The van der Waals surface area contributed by atoms with Crippen LogP contribution in [0.5, 0.6) is 0 Å². The Hall–Kier alpha value is -1.02. The van der Waals surface area contributed by atoms with E-state index in [0.29, 0.717) is 5.69 Å². The van der Waals surface area contributed by atoms with Crippen molar-refractivity contribution in [3.8, 4) is 0 Å². The second-order valence-corrected chi connectivity index (χ2v) is 6.30. The Kier molecular flexibility index (Phi) is 3.98. The molecular weight excluding hydrogens is 252 g/mol. The Labute approximate surface area is 97.7 Å². The van der Waals surface area contributed by atoms with Gasteiger partial charge in [0.2, 0.25) is 9.84 Å². The van der Waals surface area contributed by atoms with E-state index < -0.39 is 21.1 Å². The zero-order chi connectivity index (χ0) is 12.3. The highest BCUT2D eigenvalue weighted by atomic mass is 32.2. The standard InChI is InChI=1S/C8H12N2O4S2/c1-4-14-7(11)6(3)16(12,13)8-5(2)9-10-15-8/h6H,4H2,1-3H3. The van der Waals surface area contributed by atoms with E-state index in [1.165, 1.54) is 13.8 Å². The van der Waals surface area contributed by atoms with Crippen LogP contribution in [0, 0.1) is 6.92 Å². The largest absolute Gasteiger partial charge is 0.465 e. The first kappa shape index (κ1) is 13.0. The molecule has 0 spiro atoms. The lowest BCUT2D eigenvalue weighted by Crippen LogP contribution is -2.29. The molecular formula is C8H12N2O4S2. The first-order valence-corrected chi connectivity index (χ1v) is 6.92. The molecule has 0 aliphatic carbocycles. The van der Waals surface area contributed by atoms with Gasteiger partial charge in [-0.1, -0.05) is 4.49 Å². The molecule has 1 aromatic heterocycles. The Balaban J connectivity index is 3.04. The van der Waals surface area contributed by atoms with Gasteiger partial charge in [0.1, 0.15) is 0 Å². The van der Waals surface area contributed by atoms with Crippen LogP contribution in [0.1, 0.15) is 19.5 Å². The number of carbonyl (C=O) groups is 1. The lowest BCUT2D eigenvalue weighted by atomic mass is 10.5. The monoisotopic (exact) mass is 264 g/mol. The number of carbonyl (C=O) groups excluding carboxylic acids is 1. The topological polar surface area (TPSA) is 86.2 Å². The number of esters is 1. The number of ether oxygens (including phenoxy) is 1. The minimum absolute atomic E-state index is 0.0213. The summed E-state index contributed by atoms with van der Waals surface area (Å²) >= 11 is 0.763. The number of rotatable bonds is 4. The number of aryl methyl sites for hydroxylation is 1. The third-order valence-electron chi connectivity index (χ3n) is 1.95. The molecule has 0 aliphatic rings. The highest BCUT2D eigenvalue weighted by Crippen LogP contribution is 2.22. The van der Waals surface area contributed by atoms with Gasteiger partial charge >= 0.3 is 5.97 Å². The summed E-state index contributed by atoms with van der Waals surface area (Å²) in [7, 11) is -3.73. The number of sulfone groups is 1. The van der Waals surface area contributed by atoms with E-state index in [0.717, 1.165) is 11.5 Å². The summed E-state index contributed by atoms with van der Waals surface area (Å²) in [5, 5.41) is 2.38. The molecule has 90 valence electrons. The number of nitrogens with zero attached hydrogens (tertiary/aromatic N) is 2. The van der Waals surface area contributed by atoms with Crippen molar-refractivity contribution in [2.75, 3.05) is 6.61 Å². The second-order valence-electron chi connectivity index (χ2n) is 3.09. The van der Waals surface area contributed by atoms with Gasteiger partial charge in [-0.2, -0.15) is 0 Å². The van der Waals surface area contributed by atoms with Gasteiger partial charge in [-0.05, 0) is 20.8 Å². The fourth-order valence-electron chi connectivity index (χ4n) is 1.03. The van der Waals surface area contributed by atoms with Crippen molar-refractivity contribution in [3.05, 3.63) is 5.69 Å². The third-order valence-corrected chi connectivity index (χ3v) is 5.43. The molecule has 0 aliphatic heterocycles. The van der Waals surface area contributed by atoms with Crippen LogP contribution in [0.4, 0.5) is 0 Å². The van der Waals surface area contributed by atoms with Crippen molar-refractivity contribution in [2.45, 2.75) is 30.2 Å². The van der Waals surface area contributed by atoms with E-state index in [4.69, 9.17) is 0 Å². The normalized spacial score (nSPS) is 13.4. The lowest BCUT2D eigenvalue weighted by Gasteiger charge is -2.09. The van der Waals surface area contributed by atoms with Crippen molar-refractivity contribution in [3.63, 3.8) is 0 Å². The summed E-state index contributed by atoms with van der Waals surface area (Å²) in [6.45, 7) is 4.61. The van der Waals surface area contributed by atoms with Crippen LogP contribution in [0.15, 0.2) is 4.21 Å². The van der Waals surface area contributed by atoms with Gasteiger partial charge in [0.15, 0.2) is 9.46 Å². The molecule has 0 saturated heterocycles. The predicted octanol–water partition coefficient (Wildman–Crippen LogP) is 0.572. The van der Waals surface area contributed by atoms with Crippen LogP contribution in [-0.4, -0.2) is 35.8 Å². The Morgan fingerprint density at radius 1 is 1.56 bits per heavy atom.